The van der Waals surface area contributed by atoms with Gasteiger partial charge in [-0.2, -0.15) is 0 Å². The van der Waals surface area contributed by atoms with Crippen LogP contribution in [0.2, 0.25) is 10.0 Å². The summed E-state index contributed by atoms with van der Waals surface area (Å²) < 4.78 is 1.32. The highest BCUT2D eigenvalue weighted by molar-refractivity contribution is 7.98. The molecule has 0 radical (unpaired) electrons. The first-order valence-corrected chi connectivity index (χ1v) is 13.0. The summed E-state index contributed by atoms with van der Waals surface area (Å²) in [4.78, 5) is 43.7. The maximum Gasteiger partial charge on any atom is 0.268 e. The number of nitrogens with zero attached hydrogens (tertiary/aromatic N) is 3. The van der Waals surface area contributed by atoms with Crippen LogP contribution in [0.4, 0.5) is 0 Å². The van der Waals surface area contributed by atoms with Crippen LogP contribution in [0.5, 0.6) is 0 Å². The third-order valence-electron chi connectivity index (χ3n) is 5.95. The van der Waals surface area contributed by atoms with E-state index in [4.69, 9.17) is 23.2 Å². The van der Waals surface area contributed by atoms with Gasteiger partial charge >= 0.3 is 0 Å². The summed E-state index contributed by atoms with van der Waals surface area (Å²) in [5.74, 6) is 0. The van der Waals surface area contributed by atoms with Gasteiger partial charge in [0.15, 0.2) is 12.6 Å². The number of hydrogen-bond donors (Lipinski definition) is 0. The van der Waals surface area contributed by atoms with Crippen molar-refractivity contribution in [3.63, 3.8) is 0 Å². The van der Waals surface area contributed by atoms with E-state index < -0.39 is 5.56 Å². The zero-order valence-corrected chi connectivity index (χ0v) is 21.6. The van der Waals surface area contributed by atoms with Crippen molar-refractivity contribution >= 4 is 53.2 Å². The first kappa shape index (κ1) is 24.9. The number of fused-ring (bicyclic) bond motifs is 1. The van der Waals surface area contributed by atoms with Crippen molar-refractivity contribution in [2.24, 2.45) is 0 Å². The summed E-state index contributed by atoms with van der Waals surface area (Å²) in [6.45, 7) is 0. The Bertz CT molecular complexity index is 1770. The summed E-state index contributed by atoms with van der Waals surface area (Å²) >= 11 is 15.2. The van der Waals surface area contributed by atoms with Crippen molar-refractivity contribution in [3.05, 3.63) is 105 Å². The lowest BCUT2D eigenvalue weighted by Gasteiger charge is -2.14. The van der Waals surface area contributed by atoms with Crippen LogP contribution in [-0.4, -0.2) is 33.2 Å². The number of thioether (sulfide) groups is 1. The molecule has 0 saturated heterocycles. The molecule has 0 N–H and O–H groups in total. The number of hydrogen-bond acceptors (Lipinski definition) is 6. The molecule has 2 aromatic carbocycles. The van der Waals surface area contributed by atoms with Crippen molar-refractivity contribution in [1.29, 1.82) is 0 Å². The van der Waals surface area contributed by atoms with E-state index in [1.54, 1.807) is 30.5 Å². The molecule has 182 valence electrons. The van der Waals surface area contributed by atoms with Gasteiger partial charge in [-0.05, 0) is 36.1 Å². The van der Waals surface area contributed by atoms with Gasteiger partial charge in [-0.3, -0.25) is 18.8 Å². The number of rotatable bonds is 6. The van der Waals surface area contributed by atoms with Crippen LogP contribution in [0, 0.1) is 0 Å². The zero-order valence-electron chi connectivity index (χ0n) is 19.3. The summed E-state index contributed by atoms with van der Waals surface area (Å²) in [6, 6.07) is 18.3. The fraction of sp³-hybridized carbons (Fsp3) is 0.0357. The molecule has 3 heterocycles. The first-order valence-electron chi connectivity index (χ1n) is 11.0. The molecule has 0 atom stereocenters. The topological polar surface area (TPSA) is 81.4 Å². The Labute approximate surface area is 225 Å². The van der Waals surface area contributed by atoms with Gasteiger partial charge in [0, 0.05) is 40.2 Å². The van der Waals surface area contributed by atoms with Gasteiger partial charge in [0.05, 0.1) is 21.3 Å². The smallest absolute Gasteiger partial charge is 0.268 e. The summed E-state index contributed by atoms with van der Waals surface area (Å²) in [5, 5.41) is 1.58. The van der Waals surface area contributed by atoms with Crippen molar-refractivity contribution in [1.82, 2.24) is 14.4 Å². The lowest BCUT2D eigenvalue weighted by atomic mass is 9.97. The highest BCUT2D eigenvalue weighted by atomic mass is 35.5. The number of aromatic nitrogens is 3. The highest BCUT2D eigenvalue weighted by Gasteiger charge is 2.17. The van der Waals surface area contributed by atoms with E-state index in [1.807, 2.05) is 42.7 Å². The largest absolute Gasteiger partial charge is 0.298 e. The Balaban J connectivity index is 1.62. The maximum absolute atomic E-state index is 12.4. The third-order valence-corrected chi connectivity index (χ3v) is 7.48. The van der Waals surface area contributed by atoms with Crippen LogP contribution in [-0.2, 0) is 0 Å². The Morgan fingerprint density at radius 2 is 1.49 bits per heavy atom. The zero-order chi connectivity index (χ0) is 26.1. The highest BCUT2D eigenvalue weighted by Crippen LogP contribution is 2.42. The molecule has 0 saturated carbocycles. The molecule has 9 heteroatoms. The van der Waals surface area contributed by atoms with Crippen LogP contribution in [0.15, 0.2) is 82.9 Å². The quantitative estimate of drug-likeness (QED) is 0.173. The lowest BCUT2D eigenvalue weighted by Crippen LogP contribution is -2.18. The van der Waals surface area contributed by atoms with E-state index in [-0.39, 0.29) is 5.56 Å². The standard InChI is InChI=1S/C28H17Cl2N3O3S/c1-37-27-17(14-34)8-9-23(32-27)22-7-3-6-21(26(22)30)20-5-2-4-19(25(20)29)16-10-11-33-24(12-16)31-13-18(15-35)28(33)36/h2-15H,1H3. The minimum atomic E-state index is -0.436. The molecule has 5 rings (SSSR count). The van der Waals surface area contributed by atoms with Gasteiger partial charge in [-0.1, -0.05) is 59.6 Å². The average molecular weight is 546 g/mol. The van der Waals surface area contributed by atoms with E-state index in [0.717, 1.165) is 28.5 Å². The Morgan fingerprint density at radius 1 is 0.838 bits per heavy atom. The van der Waals surface area contributed by atoms with Crippen LogP contribution in [0.25, 0.3) is 39.2 Å². The van der Waals surface area contributed by atoms with Crippen molar-refractivity contribution < 1.29 is 9.59 Å². The summed E-state index contributed by atoms with van der Waals surface area (Å²) in [6.07, 6.45) is 5.97. The minimum absolute atomic E-state index is 0.0141. The predicted octanol–water partition coefficient (Wildman–Crippen LogP) is 6.74. The normalized spacial score (nSPS) is 11.0. The maximum atomic E-state index is 12.4. The molecular weight excluding hydrogens is 529 g/mol. The van der Waals surface area contributed by atoms with Crippen molar-refractivity contribution in [2.45, 2.75) is 5.03 Å². The van der Waals surface area contributed by atoms with Gasteiger partial charge in [0.2, 0.25) is 0 Å². The lowest BCUT2D eigenvalue weighted by molar-refractivity contribution is 0.111. The monoisotopic (exact) mass is 545 g/mol. The molecule has 0 spiro atoms. The number of carbonyl (C=O) groups is 2. The fourth-order valence-corrected chi connectivity index (χ4v) is 5.30. The molecule has 0 aliphatic heterocycles. The molecule has 0 bridgehead atoms. The average Bonchev–Trinajstić information content (AvgIpc) is 2.93. The Morgan fingerprint density at radius 3 is 2.16 bits per heavy atom. The molecule has 3 aromatic heterocycles. The summed E-state index contributed by atoms with van der Waals surface area (Å²) in [7, 11) is 0. The van der Waals surface area contributed by atoms with Crippen LogP contribution < -0.4 is 5.56 Å². The number of pyridine rings is 2. The summed E-state index contributed by atoms with van der Waals surface area (Å²) in [5.41, 5.74) is 4.76. The van der Waals surface area contributed by atoms with Gasteiger partial charge in [-0.25, -0.2) is 9.97 Å². The van der Waals surface area contributed by atoms with Crippen LogP contribution in [0.3, 0.4) is 0 Å². The Kier molecular flexibility index (Phi) is 6.93. The first-order chi connectivity index (χ1) is 18.0. The van der Waals surface area contributed by atoms with E-state index in [0.29, 0.717) is 43.8 Å². The fourth-order valence-electron chi connectivity index (χ4n) is 4.09. The van der Waals surface area contributed by atoms with E-state index in [1.165, 1.54) is 22.4 Å². The number of benzene rings is 2. The second kappa shape index (κ2) is 10.3. The molecule has 0 unspecified atom stereocenters. The molecule has 0 amide bonds. The number of aldehydes is 2. The molecule has 5 aromatic rings. The molecule has 0 aliphatic rings. The molecule has 0 aliphatic carbocycles. The van der Waals surface area contributed by atoms with E-state index >= 15 is 0 Å². The third kappa shape index (κ3) is 4.46. The second-order valence-corrected chi connectivity index (χ2v) is 9.58. The molecule has 37 heavy (non-hydrogen) atoms. The van der Waals surface area contributed by atoms with Gasteiger partial charge in [0.1, 0.15) is 10.7 Å². The van der Waals surface area contributed by atoms with E-state index in [2.05, 4.69) is 9.97 Å². The number of carbonyl (C=O) groups excluding carboxylic acids is 2. The predicted molar refractivity (Wildman–Crippen MR) is 148 cm³/mol. The molecule has 6 nitrogen and oxygen atoms in total. The van der Waals surface area contributed by atoms with Crippen molar-refractivity contribution in [2.75, 3.05) is 6.26 Å². The van der Waals surface area contributed by atoms with E-state index in [9.17, 15) is 14.4 Å². The Hall–Kier alpha value is -3.78. The van der Waals surface area contributed by atoms with Crippen LogP contribution in [0.1, 0.15) is 20.7 Å². The molecule has 0 fully saturated rings. The second-order valence-electron chi connectivity index (χ2n) is 8.03. The SMILES string of the molecule is CSc1nc(-c2cccc(-c3cccc(-c4ccn5c(=O)c(C=O)cnc5c4)c3Cl)c2Cl)ccc1C=O. The molecular formula is C28H17Cl2N3O3S. The van der Waals surface area contributed by atoms with Gasteiger partial charge in [-0.15, -0.1) is 11.8 Å². The minimum Gasteiger partial charge on any atom is -0.298 e. The van der Waals surface area contributed by atoms with Crippen molar-refractivity contribution in [3.8, 4) is 33.5 Å². The van der Waals surface area contributed by atoms with Gasteiger partial charge < -0.3 is 0 Å². The van der Waals surface area contributed by atoms with Gasteiger partial charge in [0.25, 0.3) is 5.56 Å². The number of halogens is 2. The van der Waals surface area contributed by atoms with Crippen LogP contribution >= 0.6 is 35.0 Å².